The van der Waals surface area contributed by atoms with Gasteiger partial charge >= 0.3 is 0 Å². The highest BCUT2D eigenvalue weighted by Crippen LogP contribution is 2.38. The maximum absolute atomic E-state index is 5.61. The number of hydrogen-bond donors (Lipinski definition) is 1. The van der Waals surface area contributed by atoms with Crippen molar-refractivity contribution >= 4 is 0 Å². The van der Waals surface area contributed by atoms with Crippen molar-refractivity contribution in [2.45, 2.75) is 26.8 Å². The highest BCUT2D eigenvalue weighted by molar-refractivity contribution is 5.08. The van der Waals surface area contributed by atoms with Crippen LogP contribution < -0.4 is 5.32 Å². The Balaban J connectivity index is 2.21. The minimum Gasteiger partial charge on any atom is -0.468 e. The van der Waals surface area contributed by atoms with E-state index in [1.54, 1.807) is 6.26 Å². The smallest absolute Gasteiger partial charge is 0.121 e. The van der Waals surface area contributed by atoms with E-state index in [2.05, 4.69) is 37.1 Å². The highest BCUT2D eigenvalue weighted by Gasteiger charge is 2.34. The zero-order valence-electron chi connectivity index (χ0n) is 10.5. The maximum atomic E-state index is 5.61. The van der Waals surface area contributed by atoms with Crippen LogP contribution in [0.4, 0.5) is 0 Å². The van der Waals surface area contributed by atoms with Gasteiger partial charge in [0, 0.05) is 26.2 Å². The van der Waals surface area contributed by atoms with E-state index in [1.165, 1.54) is 0 Å². The Labute approximate surface area is 97.8 Å². The van der Waals surface area contributed by atoms with Crippen molar-refractivity contribution < 1.29 is 4.42 Å². The van der Waals surface area contributed by atoms with Gasteiger partial charge in [-0.1, -0.05) is 20.8 Å². The summed E-state index contributed by atoms with van der Waals surface area (Å²) in [5, 5.41) is 3.39. The molecule has 1 aromatic heterocycles. The number of nitrogens with one attached hydrogen (secondary N) is 1. The van der Waals surface area contributed by atoms with Gasteiger partial charge in [0.1, 0.15) is 5.76 Å². The van der Waals surface area contributed by atoms with Gasteiger partial charge in [0.2, 0.25) is 0 Å². The monoisotopic (exact) mass is 222 g/mol. The molecule has 1 aromatic rings. The second kappa shape index (κ2) is 4.60. The van der Waals surface area contributed by atoms with Crippen LogP contribution in [0.25, 0.3) is 0 Å². The molecule has 1 atom stereocenters. The van der Waals surface area contributed by atoms with Crippen molar-refractivity contribution in [3.8, 4) is 0 Å². The van der Waals surface area contributed by atoms with E-state index in [4.69, 9.17) is 4.42 Å². The SMILES string of the molecule is CC(C)(C)[C@H](c1ccco1)N1CCNCC1. The van der Waals surface area contributed by atoms with Crippen LogP contribution in [0.2, 0.25) is 0 Å². The molecule has 0 aromatic carbocycles. The summed E-state index contributed by atoms with van der Waals surface area (Å²) in [6, 6.07) is 4.46. The summed E-state index contributed by atoms with van der Waals surface area (Å²) in [6.07, 6.45) is 1.77. The first-order chi connectivity index (χ1) is 7.59. The molecule has 1 fully saturated rings. The number of piperazine rings is 1. The van der Waals surface area contributed by atoms with E-state index in [0.29, 0.717) is 6.04 Å². The van der Waals surface area contributed by atoms with Crippen molar-refractivity contribution in [2.75, 3.05) is 26.2 Å². The van der Waals surface area contributed by atoms with Crippen LogP contribution in [0.3, 0.4) is 0 Å². The topological polar surface area (TPSA) is 28.4 Å². The minimum absolute atomic E-state index is 0.204. The van der Waals surface area contributed by atoms with Crippen molar-refractivity contribution in [1.82, 2.24) is 10.2 Å². The first-order valence-electron chi connectivity index (χ1n) is 6.07. The van der Waals surface area contributed by atoms with Crippen molar-refractivity contribution in [1.29, 1.82) is 0 Å². The highest BCUT2D eigenvalue weighted by atomic mass is 16.3. The van der Waals surface area contributed by atoms with Gasteiger partial charge in [0.25, 0.3) is 0 Å². The lowest BCUT2D eigenvalue weighted by molar-refractivity contribution is 0.0697. The molecular formula is C13H22N2O. The summed E-state index contributed by atoms with van der Waals surface area (Å²) in [4.78, 5) is 2.52. The number of nitrogens with zero attached hydrogens (tertiary/aromatic N) is 1. The average Bonchev–Trinajstić information content (AvgIpc) is 2.71. The average molecular weight is 222 g/mol. The van der Waals surface area contributed by atoms with Crippen LogP contribution in [0.1, 0.15) is 32.6 Å². The summed E-state index contributed by atoms with van der Waals surface area (Å²) in [5.74, 6) is 1.09. The van der Waals surface area contributed by atoms with Crippen molar-refractivity contribution in [2.24, 2.45) is 5.41 Å². The second-order valence-corrected chi connectivity index (χ2v) is 5.57. The predicted molar refractivity (Wildman–Crippen MR) is 65.3 cm³/mol. The molecule has 0 aliphatic carbocycles. The molecule has 3 heteroatoms. The molecule has 90 valence electrons. The third kappa shape index (κ3) is 2.47. The van der Waals surface area contributed by atoms with E-state index in [1.807, 2.05) is 6.07 Å². The van der Waals surface area contributed by atoms with E-state index in [-0.39, 0.29) is 5.41 Å². The number of furan rings is 1. The predicted octanol–water partition coefficient (Wildman–Crippen LogP) is 2.27. The van der Waals surface area contributed by atoms with Gasteiger partial charge in [0.05, 0.1) is 12.3 Å². The van der Waals surface area contributed by atoms with Gasteiger partial charge in [0.15, 0.2) is 0 Å². The van der Waals surface area contributed by atoms with E-state index >= 15 is 0 Å². The summed E-state index contributed by atoms with van der Waals surface area (Å²) in [7, 11) is 0. The quantitative estimate of drug-likeness (QED) is 0.832. The fourth-order valence-corrected chi connectivity index (χ4v) is 2.54. The lowest BCUT2D eigenvalue weighted by atomic mass is 9.84. The third-order valence-electron chi connectivity index (χ3n) is 3.15. The molecule has 0 radical (unpaired) electrons. The molecule has 1 aliphatic rings. The molecule has 16 heavy (non-hydrogen) atoms. The molecule has 0 saturated carbocycles. The van der Waals surface area contributed by atoms with Gasteiger partial charge in [-0.15, -0.1) is 0 Å². The summed E-state index contributed by atoms with van der Waals surface area (Å²) >= 11 is 0. The molecule has 2 rings (SSSR count). The zero-order valence-corrected chi connectivity index (χ0v) is 10.5. The third-order valence-corrected chi connectivity index (χ3v) is 3.15. The van der Waals surface area contributed by atoms with Crippen LogP contribution in [-0.2, 0) is 0 Å². The van der Waals surface area contributed by atoms with Gasteiger partial charge in [-0.25, -0.2) is 0 Å². The molecule has 0 spiro atoms. The summed E-state index contributed by atoms with van der Waals surface area (Å²) in [5.41, 5.74) is 0.204. The Morgan fingerprint density at radius 1 is 1.31 bits per heavy atom. The fraction of sp³-hybridized carbons (Fsp3) is 0.692. The summed E-state index contributed by atoms with van der Waals surface area (Å²) < 4.78 is 5.61. The molecule has 1 N–H and O–H groups in total. The Morgan fingerprint density at radius 2 is 2.00 bits per heavy atom. The molecule has 2 heterocycles. The zero-order chi connectivity index (χ0) is 11.6. The van der Waals surface area contributed by atoms with Crippen LogP contribution in [-0.4, -0.2) is 31.1 Å². The second-order valence-electron chi connectivity index (χ2n) is 5.57. The molecular weight excluding hydrogens is 200 g/mol. The largest absolute Gasteiger partial charge is 0.468 e. The normalized spacial score (nSPS) is 20.9. The maximum Gasteiger partial charge on any atom is 0.121 e. The van der Waals surface area contributed by atoms with Crippen molar-refractivity contribution in [3.63, 3.8) is 0 Å². The standard InChI is InChI=1S/C13H22N2O/c1-13(2,3)12(11-5-4-10-16-11)15-8-6-14-7-9-15/h4-5,10,12,14H,6-9H2,1-3H3/t12-/m0/s1. The van der Waals surface area contributed by atoms with Gasteiger partial charge in [-0.05, 0) is 17.5 Å². The lowest BCUT2D eigenvalue weighted by Crippen LogP contribution is -2.48. The van der Waals surface area contributed by atoms with Crippen LogP contribution in [0, 0.1) is 5.41 Å². The molecule has 0 unspecified atom stereocenters. The van der Waals surface area contributed by atoms with Crippen LogP contribution in [0.15, 0.2) is 22.8 Å². The Hall–Kier alpha value is -0.800. The van der Waals surface area contributed by atoms with E-state index in [9.17, 15) is 0 Å². The first kappa shape index (κ1) is 11.7. The minimum atomic E-state index is 0.204. The number of hydrogen-bond acceptors (Lipinski definition) is 3. The van der Waals surface area contributed by atoms with Crippen molar-refractivity contribution in [3.05, 3.63) is 24.2 Å². The van der Waals surface area contributed by atoms with Crippen LogP contribution >= 0.6 is 0 Å². The number of rotatable bonds is 2. The van der Waals surface area contributed by atoms with E-state index in [0.717, 1.165) is 31.9 Å². The Morgan fingerprint density at radius 3 is 2.50 bits per heavy atom. The van der Waals surface area contributed by atoms with Gasteiger partial charge < -0.3 is 9.73 Å². The lowest BCUT2D eigenvalue weighted by Gasteiger charge is -2.41. The molecule has 0 bridgehead atoms. The van der Waals surface area contributed by atoms with Gasteiger partial charge in [-0.3, -0.25) is 4.90 Å². The Kier molecular flexibility index (Phi) is 3.36. The molecule has 0 amide bonds. The Bertz CT molecular complexity index is 307. The summed E-state index contributed by atoms with van der Waals surface area (Å²) in [6.45, 7) is 11.2. The van der Waals surface area contributed by atoms with Crippen LogP contribution in [0.5, 0.6) is 0 Å². The first-order valence-corrected chi connectivity index (χ1v) is 6.07. The molecule has 1 saturated heterocycles. The van der Waals surface area contributed by atoms with E-state index < -0.39 is 0 Å². The molecule has 3 nitrogen and oxygen atoms in total. The fourth-order valence-electron chi connectivity index (χ4n) is 2.54. The van der Waals surface area contributed by atoms with Gasteiger partial charge in [-0.2, -0.15) is 0 Å². The molecule has 1 aliphatic heterocycles.